The molecule has 0 bridgehead atoms. The van der Waals surface area contributed by atoms with E-state index in [4.69, 9.17) is 5.11 Å². The van der Waals surface area contributed by atoms with Gasteiger partial charge in [-0.1, -0.05) is 0 Å². The first-order chi connectivity index (χ1) is 7.41. The number of nitrogens with zero attached hydrogens (tertiary/aromatic N) is 1. The van der Waals surface area contributed by atoms with Gasteiger partial charge in [-0.05, 0) is 12.1 Å². The molecule has 6 nitrogen and oxygen atoms in total. The summed E-state index contributed by atoms with van der Waals surface area (Å²) in [6.45, 7) is 0. The highest BCUT2D eigenvalue weighted by molar-refractivity contribution is 5.71. The highest BCUT2D eigenvalue weighted by atomic mass is 19.1. The number of halogens is 2. The van der Waals surface area contributed by atoms with Crippen molar-refractivity contribution >= 4 is 11.7 Å². The quantitative estimate of drug-likeness (QED) is 0.628. The molecule has 1 unspecified atom stereocenters. The first kappa shape index (κ1) is 11.8. The van der Waals surface area contributed by atoms with Crippen LogP contribution in [-0.4, -0.2) is 22.4 Å². The third-order valence-electron chi connectivity index (χ3n) is 1.54. The van der Waals surface area contributed by atoms with Crippen LogP contribution >= 0.6 is 0 Å². The molecule has 0 saturated heterocycles. The van der Waals surface area contributed by atoms with Crippen molar-refractivity contribution < 1.29 is 28.3 Å². The van der Waals surface area contributed by atoms with Crippen LogP contribution in [0.3, 0.4) is 0 Å². The van der Waals surface area contributed by atoms with Crippen LogP contribution < -0.4 is 4.74 Å². The van der Waals surface area contributed by atoms with Crippen molar-refractivity contribution in [2.75, 3.05) is 0 Å². The third kappa shape index (κ3) is 2.62. The maximum Gasteiger partial charge on any atom is 0.378 e. The van der Waals surface area contributed by atoms with Gasteiger partial charge in [0, 0.05) is 0 Å². The molecule has 0 saturated carbocycles. The molecule has 1 aromatic rings. The van der Waals surface area contributed by atoms with Gasteiger partial charge < -0.3 is 9.84 Å². The summed E-state index contributed by atoms with van der Waals surface area (Å²) in [6.07, 6.45) is -2.75. The molecule has 8 heteroatoms. The minimum absolute atomic E-state index is 0.504. The number of nitro groups is 1. The van der Waals surface area contributed by atoms with Crippen LogP contribution in [0.5, 0.6) is 5.75 Å². The fraction of sp³-hybridized carbons (Fsp3) is 0.125. The van der Waals surface area contributed by atoms with Crippen molar-refractivity contribution in [1.29, 1.82) is 0 Å². The summed E-state index contributed by atoms with van der Waals surface area (Å²) in [5.74, 6) is -3.50. The molecule has 16 heavy (non-hydrogen) atoms. The van der Waals surface area contributed by atoms with Gasteiger partial charge in [-0.3, -0.25) is 10.1 Å². The van der Waals surface area contributed by atoms with E-state index in [1.165, 1.54) is 0 Å². The van der Waals surface area contributed by atoms with Crippen molar-refractivity contribution in [2.45, 2.75) is 6.36 Å². The Morgan fingerprint density at radius 1 is 1.56 bits per heavy atom. The maximum absolute atomic E-state index is 12.6. The number of ether oxygens (including phenoxy) is 1. The number of carboxylic acids is 1. The van der Waals surface area contributed by atoms with Crippen molar-refractivity contribution in [2.24, 2.45) is 0 Å². The van der Waals surface area contributed by atoms with Gasteiger partial charge in [0.1, 0.15) is 5.82 Å². The van der Waals surface area contributed by atoms with Gasteiger partial charge in [0.2, 0.25) is 5.75 Å². The number of aliphatic carboxylic acids is 1. The summed E-state index contributed by atoms with van der Waals surface area (Å²) in [5.41, 5.74) is -0.844. The summed E-state index contributed by atoms with van der Waals surface area (Å²) in [7, 11) is 0. The Bertz CT molecular complexity index is 436. The summed E-state index contributed by atoms with van der Waals surface area (Å²) in [4.78, 5) is 19.5. The average molecular weight is 233 g/mol. The highest BCUT2D eigenvalue weighted by Crippen LogP contribution is 2.28. The fourth-order valence-electron chi connectivity index (χ4n) is 0.895. The van der Waals surface area contributed by atoms with E-state index in [1.807, 2.05) is 0 Å². The molecule has 1 atom stereocenters. The summed E-state index contributed by atoms with van der Waals surface area (Å²) in [6, 6.07) is 2.07. The van der Waals surface area contributed by atoms with Gasteiger partial charge >= 0.3 is 18.0 Å². The SMILES string of the molecule is O=C(O)C(F)Oc1ccc(F)cc1[N+](=O)[O-]. The molecule has 0 aliphatic carbocycles. The van der Waals surface area contributed by atoms with Crippen LogP contribution in [0.4, 0.5) is 14.5 Å². The largest absolute Gasteiger partial charge is 0.476 e. The molecular weight excluding hydrogens is 228 g/mol. The summed E-state index contributed by atoms with van der Waals surface area (Å²) >= 11 is 0. The van der Waals surface area contributed by atoms with Crippen LogP contribution in [0.15, 0.2) is 18.2 Å². The number of hydrogen-bond acceptors (Lipinski definition) is 4. The number of nitro benzene ring substituents is 1. The summed E-state index contributed by atoms with van der Waals surface area (Å²) in [5, 5.41) is 18.6. The molecule has 1 rings (SSSR count). The normalized spacial score (nSPS) is 11.9. The van der Waals surface area contributed by atoms with Crippen LogP contribution in [-0.2, 0) is 4.79 Å². The van der Waals surface area contributed by atoms with Crippen molar-refractivity contribution in [1.82, 2.24) is 0 Å². The molecule has 0 aliphatic heterocycles. The number of carbonyl (C=O) groups is 1. The average Bonchev–Trinajstić information content (AvgIpc) is 2.20. The molecule has 0 fully saturated rings. The maximum atomic E-state index is 12.6. The zero-order valence-corrected chi connectivity index (χ0v) is 7.59. The zero-order chi connectivity index (χ0) is 12.3. The second-order valence-electron chi connectivity index (χ2n) is 2.64. The van der Waals surface area contributed by atoms with Gasteiger partial charge in [0.15, 0.2) is 0 Å². The monoisotopic (exact) mass is 233 g/mol. The van der Waals surface area contributed by atoms with Crippen LogP contribution in [0.2, 0.25) is 0 Å². The third-order valence-corrected chi connectivity index (χ3v) is 1.54. The first-order valence-corrected chi connectivity index (χ1v) is 3.89. The number of alkyl halides is 1. The molecule has 1 N–H and O–H groups in total. The lowest BCUT2D eigenvalue weighted by molar-refractivity contribution is -0.386. The molecule has 0 amide bonds. The highest BCUT2D eigenvalue weighted by Gasteiger charge is 2.23. The number of carboxylic acid groups (broad SMARTS) is 1. The minimum atomic E-state index is -2.75. The first-order valence-electron chi connectivity index (χ1n) is 3.89. The Hall–Kier alpha value is -2.25. The van der Waals surface area contributed by atoms with E-state index in [9.17, 15) is 23.7 Å². The van der Waals surface area contributed by atoms with Crippen molar-refractivity contribution in [3.8, 4) is 5.75 Å². The Labute approximate surface area is 87.2 Å². The van der Waals surface area contributed by atoms with Gasteiger partial charge in [0.05, 0.1) is 11.0 Å². The van der Waals surface area contributed by atoms with Gasteiger partial charge in [0.25, 0.3) is 0 Å². The lowest BCUT2D eigenvalue weighted by Crippen LogP contribution is -2.21. The van der Waals surface area contributed by atoms with Crippen molar-refractivity contribution in [3.63, 3.8) is 0 Å². The number of benzene rings is 1. The lowest BCUT2D eigenvalue weighted by atomic mass is 10.3. The molecule has 0 aromatic heterocycles. The molecule has 0 heterocycles. The lowest BCUT2D eigenvalue weighted by Gasteiger charge is -2.07. The van der Waals surface area contributed by atoms with Crippen LogP contribution in [0.1, 0.15) is 0 Å². The van der Waals surface area contributed by atoms with Crippen molar-refractivity contribution in [3.05, 3.63) is 34.1 Å². The predicted octanol–water partition coefficient (Wildman–Crippen LogP) is 1.49. The van der Waals surface area contributed by atoms with E-state index < -0.39 is 34.5 Å². The van der Waals surface area contributed by atoms with E-state index in [0.29, 0.717) is 6.07 Å². The molecular formula is C8H5F2NO5. The second-order valence-corrected chi connectivity index (χ2v) is 2.64. The smallest absolute Gasteiger partial charge is 0.378 e. The van der Waals surface area contributed by atoms with Crippen LogP contribution in [0, 0.1) is 15.9 Å². The molecule has 0 aliphatic rings. The van der Waals surface area contributed by atoms with Gasteiger partial charge in [-0.25, -0.2) is 9.18 Å². The topological polar surface area (TPSA) is 89.7 Å². The van der Waals surface area contributed by atoms with E-state index in [2.05, 4.69) is 4.74 Å². The Morgan fingerprint density at radius 2 is 2.19 bits per heavy atom. The van der Waals surface area contributed by atoms with Gasteiger partial charge in [-0.15, -0.1) is 0 Å². The molecule has 1 aromatic carbocycles. The zero-order valence-electron chi connectivity index (χ0n) is 7.59. The summed E-state index contributed by atoms with van der Waals surface area (Å²) < 4.78 is 29.4. The van der Waals surface area contributed by atoms with E-state index >= 15 is 0 Å². The molecule has 0 radical (unpaired) electrons. The Morgan fingerprint density at radius 3 is 2.69 bits per heavy atom. The Balaban J connectivity index is 3.04. The standard InChI is InChI=1S/C8H5F2NO5/c9-4-1-2-6(5(3-4)11(14)15)16-7(10)8(12)13/h1-3,7H,(H,12,13). The second kappa shape index (κ2) is 4.51. The molecule has 86 valence electrons. The minimum Gasteiger partial charge on any atom is -0.476 e. The molecule has 0 spiro atoms. The number of rotatable bonds is 4. The fourth-order valence-corrected chi connectivity index (χ4v) is 0.895. The predicted molar refractivity (Wildman–Crippen MR) is 46.2 cm³/mol. The van der Waals surface area contributed by atoms with Gasteiger partial charge in [-0.2, -0.15) is 4.39 Å². The Kier molecular flexibility index (Phi) is 3.33. The van der Waals surface area contributed by atoms with E-state index in [1.54, 1.807) is 0 Å². The van der Waals surface area contributed by atoms with Crippen LogP contribution in [0.25, 0.3) is 0 Å². The van der Waals surface area contributed by atoms with E-state index in [-0.39, 0.29) is 0 Å². The van der Waals surface area contributed by atoms with E-state index in [0.717, 1.165) is 12.1 Å². The number of hydrogen-bond donors (Lipinski definition) is 1.